The Labute approximate surface area is 95.9 Å². The normalized spacial score (nSPS) is 20.4. The van der Waals surface area contributed by atoms with Gasteiger partial charge in [0.25, 0.3) is 0 Å². The maximum Gasteiger partial charge on any atom is 0.573 e. The Kier molecular flexibility index (Phi) is 4.17. The number of allylic oxidation sites excluding steroid dienone is 1. The van der Waals surface area contributed by atoms with Crippen molar-refractivity contribution < 1.29 is 27.4 Å². The molecule has 0 radical (unpaired) electrons. The summed E-state index contributed by atoms with van der Waals surface area (Å²) >= 11 is 0. The zero-order chi connectivity index (χ0) is 13.1. The van der Waals surface area contributed by atoms with E-state index < -0.39 is 24.1 Å². The van der Waals surface area contributed by atoms with Crippen molar-refractivity contribution in [1.82, 2.24) is 0 Å². The highest BCUT2D eigenvalue weighted by molar-refractivity contribution is 5.90. The fraction of sp³-hybridized carbons (Fsp3) is 0.500. The van der Waals surface area contributed by atoms with Gasteiger partial charge in [-0.2, -0.15) is 0 Å². The fourth-order valence-corrected chi connectivity index (χ4v) is 1.34. The van der Waals surface area contributed by atoms with E-state index in [0.29, 0.717) is 0 Å². The van der Waals surface area contributed by atoms with Crippen LogP contribution in [-0.4, -0.2) is 25.0 Å². The first-order valence-corrected chi connectivity index (χ1v) is 4.93. The number of hydrogen-bond donors (Lipinski definition) is 1. The van der Waals surface area contributed by atoms with Crippen LogP contribution in [0.1, 0.15) is 13.3 Å². The van der Waals surface area contributed by atoms with E-state index in [9.17, 15) is 18.0 Å². The summed E-state index contributed by atoms with van der Waals surface area (Å²) in [7, 11) is 0. The lowest BCUT2D eigenvalue weighted by Crippen LogP contribution is -2.27. The minimum Gasteiger partial charge on any atom is -0.463 e. The average molecular weight is 251 g/mol. The van der Waals surface area contributed by atoms with Gasteiger partial charge in [-0.25, -0.2) is 4.79 Å². The summed E-state index contributed by atoms with van der Waals surface area (Å²) in [6.07, 6.45) is -2.52. The minimum atomic E-state index is -4.85. The highest BCUT2D eigenvalue weighted by atomic mass is 19.4. The zero-order valence-electron chi connectivity index (χ0n) is 9.08. The fourth-order valence-electron chi connectivity index (χ4n) is 1.34. The molecule has 96 valence electrons. The number of nitrogens with two attached hydrogens (primary N) is 1. The number of carbonyl (C=O) groups excluding carboxylic acids is 1. The summed E-state index contributed by atoms with van der Waals surface area (Å²) in [5, 5.41) is 0. The Morgan fingerprint density at radius 3 is 2.76 bits per heavy atom. The van der Waals surface area contributed by atoms with Gasteiger partial charge in [-0.05, 0) is 13.0 Å². The van der Waals surface area contributed by atoms with Gasteiger partial charge >= 0.3 is 12.3 Å². The van der Waals surface area contributed by atoms with Crippen molar-refractivity contribution in [2.75, 3.05) is 6.61 Å². The summed E-state index contributed by atoms with van der Waals surface area (Å²) in [5.74, 6) is -1.40. The van der Waals surface area contributed by atoms with Crippen molar-refractivity contribution in [1.29, 1.82) is 0 Å². The Morgan fingerprint density at radius 2 is 2.24 bits per heavy atom. The molecule has 1 rings (SSSR count). The molecule has 1 aliphatic carbocycles. The first-order chi connectivity index (χ1) is 7.83. The maximum absolute atomic E-state index is 12.1. The predicted molar refractivity (Wildman–Crippen MR) is 52.5 cm³/mol. The lowest BCUT2D eigenvalue weighted by molar-refractivity contribution is -0.303. The molecule has 17 heavy (non-hydrogen) atoms. The third-order valence-corrected chi connectivity index (χ3v) is 1.98. The molecule has 0 spiro atoms. The topological polar surface area (TPSA) is 61.5 Å². The molecule has 0 fully saturated rings. The van der Waals surface area contributed by atoms with Gasteiger partial charge in [0, 0.05) is 12.5 Å². The number of alkyl halides is 3. The van der Waals surface area contributed by atoms with Crippen LogP contribution in [0.25, 0.3) is 0 Å². The predicted octanol–water partition coefficient (Wildman–Crippen LogP) is 1.63. The molecule has 4 nitrogen and oxygen atoms in total. The van der Waals surface area contributed by atoms with Crippen LogP contribution in [0.15, 0.2) is 23.5 Å². The zero-order valence-corrected chi connectivity index (χ0v) is 9.08. The molecule has 1 aliphatic rings. The third kappa shape index (κ3) is 4.10. The number of hydrogen-bond acceptors (Lipinski definition) is 4. The van der Waals surface area contributed by atoms with Gasteiger partial charge in [0.1, 0.15) is 5.76 Å². The number of ether oxygens (including phenoxy) is 2. The van der Waals surface area contributed by atoms with E-state index in [-0.39, 0.29) is 18.6 Å². The SMILES string of the molecule is CCOC(=O)C1=C(OC(F)(F)F)C=C[C@H](N)C1. The first-order valence-electron chi connectivity index (χ1n) is 4.93. The quantitative estimate of drug-likeness (QED) is 0.774. The number of carbonyl (C=O) groups is 1. The Bertz CT molecular complexity index is 360. The van der Waals surface area contributed by atoms with Crippen LogP contribution in [0.5, 0.6) is 0 Å². The van der Waals surface area contributed by atoms with Crippen LogP contribution >= 0.6 is 0 Å². The molecule has 0 aromatic carbocycles. The second kappa shape index (κ2) is 5.22. The molecule has 0 bridgehead atoms. The van der Waals surface area contributed by atoms with E-state index in [1.54, 1.807) is 6.92 Å². The number of rotatable bonds is 3. The van der Waals surface area contributed by atoms with Gasteiger partial charge in [0.05, 0.1) is 12.2 Å². The third-order valence-electron chi connectivity index (χ3n) is 1.98. The first kappa shape index (κ1) is 13.6. The smallest absolute Gasteiger partial charge is 0.463 e. The number of halogens is 3. The summed E-state index contributed by atoms with van der Waals surface area (Å²) in [6, 6.07) is -0.519. The highest BCUT2D eigenvalue weighted by Crippen LogP contribution is 2.28. The second-order valence-corrected chi connectivity index (χ2v) is 3.34. The van der Waals surface area contributed by atoms with Crippen molar-refractivity contribution in [3.63, 3.8) is 0 Å². The van der Waals surface area contributed by atoms with Crippen LogP contribution in [0.3, 0.4) is 0 Å². The van der Waals surface area contributed by atoms with Gasteiger partial charge in [-0.3, -0.25) is 0 Å². The Balaban J connectivity index is 2.95. The van der Waals surface area contributed by atoms with Crippen molar-refractivity contribution in [2.24, 2.45) is 5.73 Å². The molecule has 0 unspecified atom stereocenters. The molecule has 7 heteroatoms. The molecule has 2 N–H and O–H groups in total. The van der Waals surface area contributed by atoms with E-state index >= 15 is 0 Å². The van der Waals surface area contributed by atoms with Crippen LogP contribution in [0.2, 0.25) is 0 Å². The molecule has 0 aromatic rings. The van der Waals surface area contributed by atoms with E-state index in [1.807, 2.05) is 0 Å². The average Bonchev–Trinajstić information content (AvgIpc) is 2.19. The standard InChI is InChI=1S/C10H12F3NO3/c1-2-16-9(15)7-5-6(14)3-4-8(7)17-10(11,12)13/h3-4,6H,2,5,14H2,1H3/t6-/m0/s1. The van der Waals surface area contributed by atoms with Crippen molar-refractivity contribution >= 4 is 5.97 Å². The van der Waals surface area contributed by atoms with Crippen molar-refractivity contribution in [3.05, 3.63) is 23.5 Å². The van der Waals surface area contributed by atoms with E-state index in [2.05, 4.69) is 9.47 Å². The van der Waals surface area contributed by atoms with Crippen molar-refractivity contribution in [2.45, 2.75) is 25.7 Å². The van der Waals surface area contributed by atoms with E-state index in [0.717, 1.165) is 6.08 Å². The largest absolute Gasteiger partial charge is 0.573 e. The molecule has 0 saturated carbocycles. The lowest BCUT2D eigenvalue weighted by Gasteiger charge is -2.19. The summed E-state index contributed by atoms with van der Waals surface area (Å²) in [5.41, 5.74) is 5.32. The van der Waals surface area contributed by atoms with Gasteiger partial charge in [-0.15, -0.1) is 13.2 Å². The molecular formula is C10H12F3NO3. The molecule has 1 atom stereocenters. The minimum absolute atomic E-state index is 0.0409. The molecule has 0 heterocycles. The van der Waals surface area contributed by atoms with E-state index in [4.69, 9.17) is 5.73 Å². The molecule has 0 aliphatic heterocycles. The Morgan fingerprint density at radius 1 is 1.59 bits per heavy atom. The van der Waals surface area contributed by atoms with Gasteiger partial charge in [0.2, 0.25) is 0 Å². The summed E-state index contributed by atoms with van der Waals surface area (Å²) in [4.78, 5) is 11.4. The second-order valence-electron chi connectivity index (χ2n) is 3.34. The molecule has 0 aromatic heterocycles. The maximum atomic E-state index is 12.1. The van der Waals surface area contributed by atoms with Crippen LogP contribution in [-0.2, 0) is 14.3 Å². The van der Waals surface area contributed by atoms with Gasteiger partial charge in [-0.1, -0.05) is 6.08 Å². The van der Waals surface area contributed by atoms with Crippen LogP contribution < -0.4 is 5.73 Å². The monoisotopic (exact) mass is 251 g/mol. The summed E-state index contributed by atoms with van der Waals surface area (Å²) < 4.78 is 44.6. The van der Waals surface area contributed by atoms with Crippen LogP contribution in [0, 0.1) is 0 Å². The van der Waals surface area contributed by atoms with Gasteiger partial charge < -0.3 is 15.2 Å². The van der Waals surface area contributed by atoms with Gasteiger partial charge in [0.15, 0.2) is 0 Å². The molecular weight excluding hydrogens is 239 g/mol. The molecule has 0 amide bonds. The summed E-state index contributed by atoms with van der Waals surface area (Å²) in [6.45, 7) is 1.63. The number of esters is 1. The lowest BCUT2D eigenvalue weighted by atomic mass is 10.00. The van der Waals surface area contributed by atoms with Crippen LogP contribution in [0.4, 0.5) is 13.2 Å². The van der Waals surface area contributed by atoms with E-state index in [1.165, 1.54) is 6.08 Å². The Hall–Kier alpha value is -1.50. The molecule has 0 saturated heterocycles. The van der Waals surface area contributed by atoms with Crippen molar-refractivity contribution in [3.8, 4) is 0 Å². The highest BCUT2D eigenvalue weighted by Gasteiger charge is 2.35.